The van der Waals surface area contributed by atoms with E-state index in [1.807, 2.05) is 49.4 Å². The third-order valence-corrected chi connectivity index (χ3v) is 6.45. The van der Waals surface area contributed by atoms with Crippen molar-refractivity contribution in [2.75, 3.05) is 44.2 Å². The minimum Gasteiger partial charge on any atom is -0.490 e. The van der Waals surface area contributed by atoms with Crippen molar-refractivity contribution in [3.8, 4) is 11.5 Å². The van der Waals surface area contributed by atoms with E-state index in [1.165, 1.54) is 0 Å². The van der Waals surface area contributed by atoms with Crippen molar-refractivity contribution in [2.45, 2.75) is 13.0 Å². The van der Waals surface area contributed by atoms with Crippen molar-refractivity contribution in [1.29, 1.82) is 0 Å². The highest BCUT2D eigenvalue weighted by Gasteiger charge is 2.22. The number of aliphatic hydroxyl groups excluding tert-OH is 1. The Morgan fingerprint density at radius 2 is 1.61 bits per heavy atom. The first-order valence-electron chi connectivity index (χ1n) is 12.4. The molecule has 1 fully saturated rings. The fraction of sp³-hybridized carbons (Fsp3) is 0.276. The topological polar surface area (TPSA) is 88.0 Å². The molecule has 9 heteroatoms. The van der Waals surface area contributed by atoms with Gasteiger partial charge in [0, 0.05) is 55.9 Å². The predicted molar refractivity (Wildman–Crippen MR) is 150 cm³/mol. The van der Waals surface area contributed by atoms with Crippen LogP contribution in [0.1, 0.15) is 15.9 Å². The number of fused-ring (bicyclic) bond motifs is 1. The van der Waals surface area contributed by atoms with Crippen molar-refractivity contribution in [2.24, 2.45) is 0 Å². The number of nitrogens with zero attached hydrogens (tertiary/aromatic N) is 4. The Kier molecular flexibility index (Phi) is 9.12. The fourth-order valence-corrected chi connectivity index (χ4v) is 4.57. The van der Waals surface area contributed by atoms with E-state index in [0.717, 1.165) is 48.5 Å². The third-order valence-electron chi connectivity index (χ3n) is 6.45. The Morgan fingerprint density at radius 1 is 0.947 bits per heavy atom. The Hall–Kier alpha value is -3.72. The number of rotatable bonds is 8. The molecule has 0 spiro atoms. The minimum atomic E-state index is -0.645. The highest BCUT2D eigenvalue weighted by molar-refractivity contribution is 5.98. The molecule has 1 aromatic heterocycles. The molecular weight excluding hydrogens is 504 g/mol. The fourth-order valence-electron chi connectivity index (χ4n) is 4.57. The highest BCUT2D eigenvalue weighted by Crippen LogP contribution is 2.37. The lowest BCUT2D eigenvalue weighted by molar-refractivity contribution is 0.0665. The molecule has 2 heterocycles. The number of aromatic nitrogens is 2. The summed E-state index contributed by atoms with van der Waals surface area (Å²) in [5.41, 5.74) is 1.32. The van der Waals surface area contributed by atoms with Crippen LogP contribution in [0.4, 0.5) is 5.95 Å². The molecule has 1 aliphatic rings. The number of hydrogen-bond donors (Lipinski definition) is 1. The maximum Gasteiger partial charge on any atom is 0.343 e. The number of aryl methyl sites for hydroxylation is 1. The summed E-state index contributed by atoms with van der Waals surface area (Å²) < 4.78 is 11.9. The maximum absolute atomic E-state index is 12.7. The predicted octanol–water partition coefficient (Wildman–Crippen LogP) is 4.14. The Balaban J connectivity index is 0.00000336. The van der Waals surface area contributed by atoms with Crippen LogP contribution in [-0.2, 0) is 0 Å². The first-order chi connectivity index (χ1) is 18.1. The summed E-state index contributed by atoms with van der Waals surface area (Å²) in [6, 6.07) is 20.2. The molecule has 0 aliphatic carbocycles. The van der Waals surface area contributed by atoms with Gasteiger partial charge in [0.25, 0.3) is 0 Å². The van der Waals surface area contributed by atoms with Gasteiger partial charge in [-0.05, 0) is 36.8 Å². The van der Waals surface area contributed by atoms with Crippen LogP contribution >= 0.6 is 12.4 Å². The zero-order chi connectivity index (χ0) is 25.6. The SMILES string of the molecule is Cc1cc(OC(=O)c2ccccc2)c2ccccc2c1OCC(O)CN1CCN(c2ncccn2)CC1.Cl. The zero-order valence-electron chi connectivity index (χ0n) is 21.2. The van der Waals surface area contributed by atoms with Crippen LogP contribution in [0.25, 0.3) is 10.8 Å². The number of aliphatic hydroxyl groups is 1. The molecule has 0 saturated carbocycles. The monoisotopic (exact) mass is 534 g/mol. The molecular formula is C29H31ClN4O4. The first-order valence-corrected chi connectivity index (χ1v) is 12.4. The number of piperazine rings is 1. The molecule has 5 rings (SSSR count). The third kappa shape index (κ3) is 6.39. The Bertz CT molecular complexity index is 1350. The van der Waals surface area contributed by atoms with Crippen LogP contribution in [0, 0.1) is 6.92 Å². The van der Waals surface area contributed by atoms with Crippen LogP contribution in [0.15, 0.2) is 79.1 Å². The van der Waals surface area contributed by atoms with Crippen LogP contribution < -0.4 is 14.4 Å². The van der Waals surface area contributed by atoms with Gasteiger partial charge in [-0.3, -0.25) is 4.90 Å². The normalized spacial score (nSPS) is 14.5. The van der Waals surface area contributed by atoms with E-state index < -0.39 is 12.1 Å². The molecule has 3 aromatic carbocycles. The summed E-state index contributed by atoms with van der Waals surface area (Å²) in [5, 5.41) is 12.3. The number of carbonyl (C=O) groups excluding carboxylic acids is 1. The lowest BCUT2D eigenvalue weighted by atomic mass is 10.0. The molecule has 38 heavy (non-hydrogen) atoms. The molecule has 198 valence electrons. The number of halogens is 1. The van der Waals surface area contributed by atoms with Crippen LogP contribution in [0.2, 0.25) is 0 Å². The first kappa shape index (κ1) is 27.3. The van der Waals surface area contributed by atoms with Crippen molar-refractivity contribution >= 4 is 35.1 Å². The van der Waals surface area contributed by atoms with Gasteiger partial charge in [0.2, 0.25) is 5.95 Å². The number of esters is 1. The van der Waals surface area contributed by atoms with Gasteiger partial charge in [0.1, 0.15) is 24.2 Å². The van der Waals surface area contributed by atoms with Gasteiger partial charge in [0.15, 0.2) is 0 Å². The van der Waals surface area contributed by atoms with Crippen molar-refractivity contribution in [3.05, 3.63) is 90.3 Å². The number of benzene rings is 3. The van der Waals surface area contributed by atoms with Crippen LogP contribution in [0.5, 0.6) is 11.5 Å². The van der Waals surface area contributed by atoms with E-state index >= 15 is 0 Å². The molecule has 4 aromatic rings. The molecule has 1 saturated heterocycles. The van der Waals surface area contributed by atoms with Gasteiger partial charge in [0.05, 0.1) is 5.56 Å². The number of hydrogen-bond acceptors (Lipinski definition) is 8. The van der Waals surface area contributed by atoms with E-state index in [9.17, 15) is 9.90 Å². The van der Waals surface area contributed by atoms with Gasteiger partial charge < -0.3 is 19.5 Å². The molecule has 1 aliphatic heterocycles. The van der Waals surface area contributed by atoms with E-state index in [0.29, 0.717) is 23.6 Å². The smallest absolute Gasteiger partial charge is 0.343 e. The number of anilines is 1. The summed E-state index contributed by atoms with van der Waals surface area (Å²) in [6.45, 7) is 5.86. The number of carbonyl (C=O) groups is 1. The van der Waals surface area contributed by atoms with Crippen LogP contribution in [-0.4, -0.2) is 71.4 Å². The maximum atomic E-state index is 12.7. The quantitative estimate of drug-likeness (QED) is 0.266. The lowest BCUT2D eigenvalue weighted by Crippen LogP contribution is -2.49. The van der Waals surface area contributed by atoms with Crippen molar-refractivity contribution < 1.29 is 19.4 Å². The minimum absolute atomic E-state index is 0. The average Bonchev–Trinajstić information content (AvgIpc) is 2.94. The standard InChI is InChI=1S/C29H30N4O4.ClH/c1-21-18-26(37-28(35)22-8-3-2-4-9-22)24-10-5-6-11-25(24)27(21)36-20-23(34)19-32-14-16-33(17-15-32)29-30-12-7-13-31-29;/h2-13,18,23,34H,14-17,19-20H2,1H3;1H. The molecule has 1 N–H and O–H groups in total. The molecule has 0 amide bonds. The molecule has 1 unspecified atom stereocenters. The van der Waals surface area contributed by atoms with Crippen LogP contribution in [0.3, 0.4) is 0 Å². The van der Waals surface area contributed by atoms with E-state index in [4.69, 9.17) is 9.47 Å². The zero-order valence-corrected chi connectivity index (χ0v) is 22.0. The summed E-state index contributed by atoms with van der Waals surface area (Å²) in [7, 11) is 0. The highest BCUT2D eigenvalue weighted by atomic mass is 35.5. The number of ether oxygens (including phenoxy) is 2. The Morgan fingerprint density at radius 3 is 2.32 bits per heavy atom. The van der Waals surface area contributed by atoms with E-state index in [2.05, 4.69) is 19.8 Å². The summed E-state index contributed by atoms with van der Waals surface area (Å²) in [6.07, 6.45) is 2.86. The average molecular weight is 535 g/mol. The van der Waals surface area contributed by atoms with Crippen molar-refractivity contribution in [3.63, 3.8) is 0 Å². The molecule has 0 bridgehead atoms. The second kappa shape index (κ2) is 12.7. The van der Waals surface area contributed by atoms with Gasteiger partial charge in [-0.15, -0.1) is 12.4 Å². The van der Waals surface area contributed by atoms with Gasteiger partial charge in [-0.25, -0.2) is 14.8 Å². The second-order valence-electron chi connectivity index (χ2n) is 9.12. The lowest BCUT2D eigenvalue weighted by Gasteiger charge is -2.35. The van der Waals surface area contributed by atoms with Gasteiger partial charge in [-0.2, -0.15) is 0 Å². The van der Waals surface area contributed by atoms with Gasteiger partial charge in [-0.1, -0.05) is 42.5 Å². The van der Waals surface area contributed by atoms with Gasteiger partial charge >= 0.3 is 5.97 Å². The Labute approximate surface area is 228 Å². The summed E-state index contributed by atoms with van der Waals surface area (Å²) in [5.74, 6) is 1.50. The second-order valence-corrected chi connectivity index (χ2v) is 9.12. The van der Waals surface area contributed by atoms with E-state index in [-0.39, 0.29) is 19.0 Å². The van der Waals surface area contributed by atoms with E-state index in [1.54, 1.807) is 36.7 Å². The molecule has 1 atom stereocenters. The summed E-state index contributed by atoms with van der Waals surface area (Å²) in [4.78, 5) is 25.7. The van der Waals surface area contributed by atoms with Crippen molar-refractivity contribution in [1.82, 2.24) is 14.9 Å². The largest absolute Gasteiger partial charge is 0.490 e. The number of β-amino-alcohol motifs (C(OH)–C–C–N with tert-alkyl or cyclic N) is 1. The molecule has 8 nitrogen and oxygen atoms in total. The summed E-state index contributed by atoms with van der Waals surface area (Å²) >= 11 is 0. The molecule has 0 radical (unpaired) electrons.